The van der Waals surface area contributed by atoms with Crippen LogP contribution in [0.5, 0.6) is 11.6 Å². The highest BCUT2D eigenvalue weighted by Crippen LogP contribution is 2.37. The van der Waals surface area contributed by atoms with Gasteiger partial charge >= 0.3 is 0 Å². The Morgan fingerprint density at radius 3 is 2.59 bits per heavy atom. The van der Waals surface area contributed by atoms with Gasteiger partial charge in [-0.25, -0.2) is 4.98 Å². The van der Waals surface area contributed by atoms with Gasteiger partial charge in [0.25, 0.3) is 5.88 Å². The fourth-order valence-corrected chi connectivity index (χ4v) is 5.59. The molecule has 2 atom stereocenters. The molecule has 2 fully saturated rings. The number of piperidine rings is 1. The molecule has 32 heavy (non-hydrogen) atoms. The van der Waals surface area contributed by atoms with Crippen molar-refractivity contribution in [2.24, 2.45) is 0 Å². The monoisotopic (exact) mass is 440 g/mol. The molecule has 2 saturated heterocycles. The summed E-state index contributed by atoms with van der Waals surface area (Å²) in [6, 6.07) is 3.00. The molecule has 0 spiro atoms. The lowest BCUT2D eigenvalue weighted by molar-refractivity contribution is 0.0992. The summed E-state index contributed by atoms with van der Waals surface area (Å²) >= 11 is 0. The molecule has 0 radical (unpaired) electrons. The van der Waals surface area contributed by atoms with Crippen molar-refractivity contribution in [3.63, 3.8) is 0 Å². The first kappa shape index (κ1) is 21.7. The molecule has 0 amide bonds. The van der Waals surface area contributed by atoms with Crippen molar-refractivity contribution in [2.45, 2.75) is 76.5 Å². The average Bonchev–Trinajstić information content (AvgIpc) is 3.11. The Balaban J connectivity index is 1.43. The predicted molar refractivity (Wildman–Crippen MR) is 126 cm³/mol. The first-order chi connectivity index (χ1) is 15.7. The molecule has 1 N–H and O–H groups in total. The molecule has 2 aromatic heterocycles. The lowest BCUT2D eigenvalue weighted by Crippen LogP contribution is -2.45. The Hall–Kier alpha value is -2.12. The van der Waals surface area contributed by atoms with Crippen molar-refractivity contribution >= 4 is 16.7 Å². The van der Waals surface area contributed by atoms with Gasteiger partial charge < -0.3 is 19.5 Å². The van der Waals surface area contributed by atoms with Crippen LogP contribution in [-0.2, 0) is 17.6 Å². The zero-order valence-electron chi connectivity index (χ0n) is 19.7. The summed E-state index contributed by atoms with van der Waals surface area (Å²) in [5.74, 6) is 1.15. The summed E-state index contributed by atoms with van der Waals surface area (Å²) in [4.78, 5) is 12.5. The van der Waals surface area contributed by atoms with Crippen molar-refractivity contribution in [1.29, 1.82) is 0 Å². The minimum atomic E-state index is 0.396. The van der Waals surface area contributed by atoms with Gasteiger partial charge in [-0.15, -0.1) is 0 Å². The van der Waals surface area contributed by atoms with Gasteiger partial charge in [-0.05, 0) is 57.4 Å². The van der Waals surface area contributed by atoms with E-state index in [1.54, 1.807) is 14.2 Å². The van der Waals surface area contributed by atoms with Crippen molar-refractivity contribution < 1.29 is 14.2 Å². The number of likely N-dealkylation sites (tertiary alicyclic amines) is 1. The third kappa shape index (κ3) is 4.25. The highest BCUT2D eigenvalue weighted by molar-refractivity contribution is 5.91. The maximum absolute atomic E-state index is 5.81. The topological polar surface area (TPSA) is 68.7 Å². The van der Waals surface area contributed by atoms with E-state index >= 15 is 0 Å². The number of nitrogens with one attached hydrogen (secondary N) is 1. The summed E-state index contributed by atoms with van der Waals surface area (Å²) in [5, 5.41) is 3.93. The van der Waals surface area contributed by atoms with E-state index in [4.69, 9.17) is 24.2 Å². The molecule has 1 aliphatic carbocycles. The number of fused-ring (bicyclic) bond motifs is 2. The molecule has 7 heteroatoms. The maximum atomic E-state index is 5.81. The standard InChI is InChI=1S/C25H36N4O3/c1-16-13-18(15-32-16)29-11-9-17(10-12-29)26-23-19-7-5-4-6-8-20(19)27-21-14-22(30-2)25(31-3)28-24(21)23/h14,16-18H,4-13,15H2,1-3H3,(H,26,27)/t16?,18-/m1/s1. The van der Waals surface area contributed by atoms with E-state index in [2.05, 4.69) is 17.1 Å². The zero-order valence-corrected chi connectivity index (χ0v) is 19.7. The Morgan fingerprint density at radius 2 is 1.88 bits per heavy atom. The molecule has 5 rings (SSSR count). The van der Waals surface area contributed by atoms with E-state index in [1.807, 2.05) is 6.07 Å². The number of aromatic nitrogens is 2. The van der Waals surface area contributed by atoms with Crippen LogP contribution >= 0.6 is 0 Å². The van der Waals surface area contributed by atoms with E-state index in [1.165, 1.54) is 36.2 Å². The number of anilines is 1. The number of methoxy groups -OCH3 is 2. The van der Waals surface area contributed by atoms with Gasteiger partial charge in [0, 0.05) is 36.9 Å². The van der Waals surface area contributed by atoms with E-state index in [9.17, 15) is 0 Å². The van der Waals surface area contributed by atoms with E-state index in [0.717, 1.165) is 62.8 Å². The summed E-state index contributed by atoms with van der Waals surface area (Å²) in [6.45, 7) is 5.31. The second-order valence-corrected chi connectivity index (χ2v) is 9.53. The molecule has 2 aliphatic heterocycles. The summed E-state index contributed by atoms with van der Waals surface area (Å²) < 4.78 is 16.8. The van der Waals surface area contributed by atoms with Gasteiger partial charge in [0.1, 0.15) is 5.52 Å². The molecule has 3 aliphatic rings. The number of nitrogens with zero attached hydrogens (tertiary/aromatic N) is 3. The van der Waals surface area contributed by atoms with Crippen LogP contribution in [0, 0.1) is 0 Å². The molecule has 7 nitrogen and oxygen atoms in total. The van der Waals surface area contributed by atoms with Crippen LogP contribution in [0.1, 0.15) is 56.7 Å². The van der Waals surface area contributed by atoms with Gasteiger partial charge in [0.05, 0.1) is 38.1 Å². The summed E-state index contributed by atoms with van der Waals surface area (Å²) in [6.07, 6.45) is 9.59. The molecule has 0 bridgehead atoms. The molecular weight excluding hydrogens is 404 g/mol. The lowest BCUT2D eigenvalue weighted by atomic mass is 9.99. The quantitative estimate of drug-likeness (QED) is 0.706. The van der Waals surface area contributed by atoms with E-state index < -0.39 is 0 Å². The van der Waals surface area contributed by atoms with Crippen LogP contribution in [0.25, 0.3) is 11.0 Å². The van der Waals surface area contributed by atoms with Gasteiger partial charge in [0.15, 0.2) is 5.75 Å². The van der Waals surface area contributed by atoms with Crippen molar-refractivity contribution in [2.75, 3.05) is 39.2 Å². The normalized spacial score (nSPS) is 24.8. The van der Waals surface area contributed by atoms with Crippen molar-refractivity contribution in [3.05, 3.63) is 17.3 Å². The van der Waals surface area contributed by atoms with Crippen LogP contribution in [0.15, 0.2) is 6.07 Å². The second kappa shape index (κ2) is 9.40. The van der Waals surface area contributed by atoms with Gasteiger partial charge in [-0.3, -0.25) is 9.88 Å². The van der Waals surface area contributed by atoms with E-state index in [0.29, 0.717) is 29.8 Å². The number of aryl methyl sites for hydroxylation is 1. The predicted octanol–water partition coefficient (Wildman–Crippen LogP) is 3.97. The Morgan fingerprint density at radius 1 is 1.06 bits per heavy atom. The fourth-order valence-electron chi connectivity index (χ4n) is 5.59. The Kier molecular flexibility index (Phi) is 6.37. The second-order valence-electron chi connectivity index (χ2n) is 9.53. The molecule has 1 unspecified atom stereocenters. The minimum Gasteiger partial charge on any atom is -0.491 e. The van der Waals surface area contributed by atoms with Crippen LogP contribution in [-0.4, -0.2) is 67.0 Å². The number of hydrogen-bond acceptors (Lipinski definition) is 7. The number of rotatable bonds is 5. The average molecular weight is 441 g/mol. The Bertz CT molecular complexity index is 958. The highest BCUT2D eigenvalue weighted by atomic mass is 16.5. The maximum Gasteiger partial charge on any atom is 0.257 e. The van der Waals surface area contributed by atoms with Gasteiger partial charge in [-0.1, -0.05) is 6.42 Å². The largest absolute Gasteiger partial charge is 0.491 e. The number of hydrogen-bond donors (Lipinski definition) is 1. The lowest BCUT2D eigenvalue weighted by Gasteiger charge is -2.36. The molecule has 174 valence electrons. The summed E-state index contributed by atoms with van der Waals surface area (Å²) in [5.41, 5.74) is 5.55. The van der Waals surface area contributed by atoms with Gasteiger partial charge in [0.2, 0.25) is 0 Å². The number of pyridine rings is 2. The first-order valence-corrected chi connectivity index (χ1v) is 12.2. The fraction of sp³-hybridized carbons (Fsp3) is 0.680. The van der Waals surface area contributed by atoms with Crippen LogP contribution < -0.4 is 14.8 Å². The Labute approximate surface area is 190 Å². The van der Waals surface area contributed by atoms with Gasteiger partial charge in [-0.2, -0.15) is 0 Å². The minimum absolute atomic E-state index is 0.396. The summed E-state index contributed by atoms with van der Waals surface area (Å²) in [7, 11) is 3.29. The molecule has 4 heterocycles. The highest BCUT2D eigenvalue weighted by Gasteiger charge is 2.31. The van der Waals surface area contributed by atoms with Crippen molar-refractivity contribution in [3.8, 4) is 11.6 Å². The number of ether oxygens (including phenoxy) is 3. The van der Waals surface area contributed by atoms with Crippen LogP contribution in [0.4, 0.5) is 5.69 Å². The molecule has 2 aromatic rings. The third-order valence-electron chi connectivity index (χ3n) is 7.40. The van der Waals surface area contributed by atoms with E-state index in [-0.39, 0.29) is 0 Å². The molecule has 0 saturated carbocycles. The third-order valence-corrected chi connectivity index (χ3v) is 7.40. The van der Waals surface area contributed by atoms with Crippen LogP contribution in [0.3, 0.4) is 0 Å². The van der Waals surface area contributed by atoms with Crippen molar-refractivity contribution in [1.82, 2.24) is 14.9 Å². The SMILES string of the molecule is COc1cc2nc3c(c(NC4CCN([C@H]5COC(C)C5)CC4)c2nc1OC)CCCCC3. The molecule has 0 aromatic carbocycles. The smallest absolute Gasteiger partial charge is 0.257 e. The first-order valence-electron chi connectivity index (χ1n) is 12.2. The molecular formula is C25H36N4O3. The van der Waals surface area contributed by atoms with Crippen LogP contribution in [0.2, 0.25) is 0 Å². The zero-order chi connectivity index (χ0) is 22.1.